The lowest BCUT2D eigenvalue weighted by atomic mass is 10.1. The van der Waals surface area contributed by atoms with Crippen molar-refractivity contribution < 1.29 is 41.7 Å². The molecular formula is C34H45F3N6O6Si. The largest absolute Gasteiger partial charge is 0.493 e. The van der Waals surface area contributed by atoms with Gasteiger partial charge in [0.15, 0.2) is 5.57 Å². The molecule has 2 aromatic rings. The van der Waals surface area contributed by atoms with Gasteiger partial charge >= 0.3 is 6.18 Å². The molecule has 4 rings (SSSR count). The van der Waals surface area contributed by atoms with Gasteiger partial charge in [0.25, 0.3) is 5.91 Å². The van der Waals surface area contributed by atoms with E-state index in [4.69, 9.17) is 24.2 Å². The number of piperazine rings is 1. The Hall–Kier alpha value is -4.01. The van der Waals surface area contributed by atoms with Gasteiger partial charge in [-0.1, -0.05) is 50.0 Å². The van der Waals surface area contributed by atoms with Crippen molar-refractivity contribution in [3.05, 3.63) is 71.1 Å². The third-order valence-corrected chi connectivity index (χ3v) is 9.73. The Morgan fingerprint density at radius 3 is 2.42 bits per heavy atom. The summed E-state index contributed by atoms with van der Waals surface area (Å²) in [6.45, 7) is 8.04. The van der Waals surface area contributed by atoms with Crippen LogP contribution >= 0.6 is 0 Å². The van der Waals surface area contributed by atoms with E-state index in [1.807, 2.05) is 41.3 Å². The first-order chi connectivity index (χ1) is 23.8. The van der Waals surface area contributed by atoms with Crippen LogP contribution in [0.5, 0.6) is 0 Å². The van der Waals surface area contributed by atoms with Crippen LogP contribution in [0.4, 0.5) is 19.0 Å². The van der Waals surface area contributed by atoms with Crippen LogP contribution in [0.2, 0.25) is 25.7 Å². The Bertz CT molecular complexity index is 1480. The van der Waals surface area contributed by atoms with Crippen LogP contribution in [0.15, 0.2) is 60.0 Å². The number of pyridine rings is 1. The molecule has 3 heterocycles. The summed E-state index contributed by atoms with van der Waals surface area (Å²) in [5.41, 5.74) is 2.63. The van der Waals surface area contributed by atoms with E-state index in [9.17, 15) is 22.8 Å². The van der Waals surface area contributed by atoms with Crippen molar-refractivity contribution in [1.29, 1.82) is 5.26 Å². The standard InChI is InChI=1S/C34H45F3N6O6Si/c1-50(2,3)18-17-46-25-43-33(45)32(34(35,36)37)29(21-40-43)49-24-28(23-47-22-26-7-5-4-6-8-26)48-16-11-31(44)42-14-12-41(13-15-42)30-10-9-27(19-38)20-39-30/h4-10,20,28,40H,11-18,21-25H2,1-3H3. The number of carbonyl (C=O) groups excluding carboxylic acids is 2. The number of aromatic nitrogens is 1. The number of rotatable bonds is 17. The lowest BCUT2D eigenvalue weighted by molar-refractivity contribution is -0.153. The number of hydrazine groups is 1. The van der Waals surface area contributed by atoms with Crippen molar-refractivity contribution in [1.82, 2.24) is 20.3 Å². The van der Waals surface area contributed by atoms with Crippen LogP contribution < -0.4 is 10.3 Å². The predicted molar refractivity (Wildman–Crippen MR) is 181 cm³/mol. The second-order valence-corrected chi connectivity index (χ2v) is 18.8. The highest BCUT2D eigenvalue weighted by Crippen LogP contribution is 2.32. The maximum Gasteiger partial charge on any atom is 0.425 e. The fourth-order valence-corrected chi connectivity index (χ4v) is 5.89. The highest BCUT2D eigenvalue weighted by molar-refractivity contribution is 6.76. The van der Waals surface area contributed by atoms with E-state index in [1.54, 1.807) is 17.0 Å². The zero-order valence-electron chi connectivity index (χ0n) is 28.7. The number of hydrogen-bond acceptors (Lipinski definition) is 10. The fourth-order valence-electron chi connectivity index (χ4n) is 5.14. The Balaban J connectivity index is 1.32. The number of ether oxygens (including phenoxy) is 4. The maximum absolute atomic E-state index is 14.1. The molecule has 1 unspecified atom stereocenters. The normalized spacial score (nSPS) is 16.4. The monoisotopic (exact) mass is 718 g/mol. The number of nitrogens with one attached hydrogen (secondary N) is 1. The van der Waals surface area contributed by atoms with Gasteiger partial charge in [0.1, 0.15) is 37.1 Å². The SMILES string of the molecule is C[Si](C)(C)CCOCN1NCC(OCC(COCc2ccccc2)OCCC(=O)N2CCN(c3ccc(C#N)cn3)CC2)=C(C(F)(F)F)C1=O. The molecule has 2 aliphatic heterocycles. The number of halogens is 3. The fraction of sp³-hybridized carbons (Fsp3) is 0.529. The third-order valence-electron chi connectivity index (χ3n) is 8.03. The number of nitriles is 1. The van der Waals surface area contributed by atoms with Crippen LogP contribution in [-0.4, -0.2) is 113 Å². The van der Waals surface area contributed by atoms with Gasteiger partial charge in [-0.15, -0.1) is 0 Å². The second-order valence-electron chi connectivity index (χ2n) is 13.2. The number of anilines is 1. The topological polar surface area (TPSA) is 129 Å². The molecule has 12 nitrogen and oxygen atoms in total. The highest BCUT2D eigenvalue weighted by Gasteiger charge is 2.46. The number of hydrogen-bond donors (Lipinski definition) is 1. The number of carbonyl (C=O) groups is 2. The Labute approximate surface area is 291 Å². The van der Waals surface area contributed by atoms with Gasteiger partial charge in [0.2, 0.25) is 5.91 Å². The lowest BCUT2D eigenvalue weighted by Gasteiger charge is -2.35. The minimum atomic E-state index is -4.96. The minimum absolute atomic E-state index is 0.0101. The molecule has 272 valence electrons. The summed E-state index contributed by atoms with van der Waals surface area (Å²) >= 11 is 0. The van der Waals surface area contributed by atoms with Crippen LogP contribution in [0.3, 0.4) is 0 Å². The van der Waals surface area contributed by atoms with E-state index < -0.39 is 37.6 Å². The summed E-state index contributed by atoms with van der Waals surface area (Å²) in [6, 6.07) is 15.7. The summed E-state index contributed by atoms with van der Waals surface area (Å²) in [6.07, 6.45) is -4.23. The molecule has 50 heavy (non-hydrogen) atoms. The van der Waals surface area contributed by atoms with E-state index in [-0.39, 0.29) is 52.0 Å². The van der Waals surface area contributed by atoms with Crippen LogP contribution in [0.25, 0.3) is 0 Å². The van der Waals surface area contributed by atoms with Gasteiger partial charge in [0, 0.05) is 47.1 Å². The first-order valence-electron chi connectivity index (χ1n) is 16.5. The molecule has 1 atom stereocenters. The zero-order valence-corrected chi connectivity index (χ0v) is 29.7. The molecule has 0 saturated carbocycles. The van der Waals surface area contributed by atoms with Crippen molar-refractivity contribution in [3.8, 4) is 6.07 Å². The van der Waals surface area contributed by atoms with Crippen LogP contribution in [0, 0.1) is 11.3 Å². The Kier molecular flexibility index (Phi) is 14.2. The highest BCUT2D eigenvalue weighted by atomic mass is 28.3. The van der Waals surface area contributed by atoms with Crippen molar-refractivity contribution in [2.45, 2.75) is 51.0 Å². The molecule has 1 N–H and O–H groups in total. The van der Waals surface area contributed by atoms with Crippen molar-refractivity contribution in [2.75, 3.05) is 70.8 Å². The summed E-state index contributed by atoms with van der Waals surface area (Å²) in [4.78, 5) is 34.0. The molecule has 2 amide bonds. The number of alkyl halides is 3. The molecule has 1 aromatic carbocycles. The molecule has 0 radical (unpaired) electrons. The number of benzene rings is 1. The quantitative estimate of drug-likeness (QED) is 0.189. The molecule has 2 aliphatic rings. The number of nitrogens with zero attached hydrogens (tertiary/aromatic N) is 5. The van der Waals surface area contributed by atoms with Crippen LogP contribution in [-0.2, 0) is 35.1 Å². The van der Waals surface area contributed by atoms with E-state index in [2.05, 4.69) is 30.1 Å². The molecule has 1 fully saturated rings. The lowest BCUT2D eigenvalue weighted by Crippen LogP contribution is -2.52. The Morgan fingerprint density at radius 2 is 1.78 bits per heavy atom. The minimum Gasteiger partial charge on any atom is -0.493 e. The van der Waals surface area contributed by atoms with E-state index >= 15 is 0 Å². The van der Waals surface area contributed by atoms with Gasteiger partial charge < -0.3 is 28.7 Å². The van der Waals surface area contributed by atoms with Gasteiger partial charge in [-0.2, -0.15) is 18.4 Å². The van der Waals surface area contributed by atoms with Gasteiger partial charge in [-0.05, 0) is 23.7 Å². The summed E-state index contributed by atoms with van der Waals surface area (Å²) in [7, 11) is -1.42. The summed E-state index contributed by atoms with van der Waals surface area (Å²) < 4.78 is 65.2. The predicted octanol–water partition coefficient (Wildman–Crippen LogP) is 4.09. The van der Waals surface area contributed by atoms with Crippen LogP contribution in [0.1, 0.15) is 17.5 Å². The smallest absolute Gasteiger partial charge is 0.425 e. The van der Waals surface area contributed by atoms with Gasteiger partial charge in [0.05, 0.1) is 38.3 Å². The maximum atomic E-state index is 14.1. The van der Waals surface area contributed by atoms with Crippen molar-refractivity contribution in [3.63, 3.8) is 0 Å². The third kappa shape index (κ3) is 12.1. The molecule has 0 spiro atoms. The first-order valence-corrected chi connectivity index (χ1v) is 20.2. The summed E-state index contributed by atoms with van der Waals surface area (Å²) in [5.74, 6) is -1.23. The second kappa shape index (κ2) is 18.3. The Morgan fingerprint density at radius 1 is 1.04 bits per heavy atom. The van der Waals surface area contributed by atoms with E-state index in [1.165, 1.54) is 6.20 Å². The van der Waals surface area contributed by atoms with Gasteiger partial charge in [-0.3, -0.25) is 9.59 Å². The molecule has 0 bridgehead atoms. The zero-order chi connectivity index (χ0) is 36.1. The van der Waals surface area contributed by atoms with Crippen molar-refractivity contribution >= 4 is 25.7 Å². The molecule has 1 aromatic heterocycles. The molecule has 1 saturated heterocycles. The molecular weight excluding hydrogens is 673 g/mol. The summed E-state index contributed by atoms with van der Waals surface area (Å²) in [5, 5.41) is 9.80. The molecule has 0 aliphatic carbocycles. The number of amides is 2. The average Bonchev–Trinajstić information content (AvgIpc) is 3.09. The van der Waals surface area contributed by atoms with E-state index in [0.717, 1.165) is 22.4 Å². The first kappa shape index (κ1) is 38.8. The van der Waals surface area contributed by atoms with Gasteiger partial charge in [-0.25, -0.2) is 15.4 Å². The van der Waals surface area contributed by atoms with Crippen molar-refractivity contribution in [2.24, 2.45) is 0 Å². The van der Waals surface area contributed by atoms with E-state index in [0.29, 0.717) is 38.3 Å². The average molecular weight is 719 g/mol. The molecule has 16 heteroatoms.